The first-order chi connectivity index (χ1) is 20.8. The van der Waals surface area contributed by atoms with Crippen LogP contribution in [0.3, 0.4) is 0 Å². The van der Waals surface area contributed by atoms with Gasteiger partial charge in [-0.25, -0.2) is 14.6 Å². The number of amides is 3. The topological polar surface area (TPSA) is 132 Å². The predicted molar refractivity (Wildman–Crippen MR) is 170 cm³/mol. The van der Waals surface area contributed by atoms with Gasteiger partial charge in [0, 0.05) is 31.9 Å². The zero-order valence-corrected chi connectivity index (χ0v) is 26.8. The normalized spacial score (nSPS) is 15.4. The molecule has 4 N–H and O–H groups in total. The molecular formula is C33H49N5O6. The number of carbonyl (C=O) groups excluding carboxylic acids is 3. The van der Waals surface area contributed by atoms with E-state index in [9.17, 15) is 19.5 Å². The van der Waals surface area contributed by atoms with Crippen molar-refractivity contribution in [2.45, 2.75) is 84.2 Å². The maximum atomic E-state index is 13.4. The van der Waals surface area contributed by atoms with Crippen molar-refractivity contribution >= 4 is 23.8 Å². The summed E-state index contributed by atoms with van der Waals surface area (Å²) in [6, 6.07) is 16.0. The monoisotopic (exact) mass is 611 g/mol. The van der Waals surface area contributed by atoms with Crippen LogP contribution >= 0.6 is 0 Å². The summed E-state index contributed by atoms with van der Waals surface area (Å²) in [5.41, 5.74) is 5.07. The van der Waals surface area contributed by atoms with Gasteiger partial charge in [-0.1, -0.05) is 56.3 Å². The molecule has 11 heteroatoms. The first kappa shape index (κ1) is 34.7. The molecule has 0 radical (unpaired) electrons. The van der Waals surface area contributed by atoms with Crippen molar-refractivity contribution in [2.75, 3.05) is 31.6 Å². The minimum atomic E-state index is -1.11. The molecule has 1 aliphatic heterocycles. The Morgan fingerprint density at radius 3 is 2.14 bits per heavy atom. The lowest BCUT2D eigenvalue weighted by molar-refractivity contribution is -0.125. The SMILES string of the molecule is COC(=O)N[C@H](C(=O)N[C@@H](Cc1ccccc1)[C@@H](O)CN(Cc1ccc(N2CCCC2)cc1)NC(=O)OC(C)(C)C)C(C)C. The van der Waals surface area contributed by atoms with Crippen LogP contribution in [-0.2, 0) is 27.2 Å². The molecular weight excluding hydrogens is 562 g/mol. The second-order valence-electron chi connectivity index (χ2n) is 12.6. The molecule has 1 heterocycles. The number of nitrogens with zero attached hydrogens (tertiary/aromatic N) is 2. The Labute approximate surface area is 261 Å². The molecule has 2 aromatic carbocycles. The van der Waals surface area contributed by atoms with E-state index < -0.39 is 41.9 Å². The Hall–Kier alpha value is -3.83. The zero-order chi connectivity index (χ0) is 32.3. The number of ether oxygens (including phenoxy) is 2. The second kappa shape index (κ2) is 16.3. The first-order valence-electron chi connectivity index (χ1n) is 15.3. The third kappa shape index (κ3) is 11.3. The number of benzene rings is 2. The fraction of sp³-hybridized carbons (Fsp3) is 0.545. The van der Waals surface area contributed by atoms with Crippen molar-refractivity contribution in [1.29, 1.82) is 0 Å². The van der Waals surface area contributed by atoms with E-state index in [0.717, 1.165) is 29.9 Å². The van der Waals surface area contributed by atoms with Crippen molar-refractivity contribution < 1.29 is 29.0 Å². The molecule has 2 aromatic rings. The Morgan fingerprint density at radius 2 is 1.57 bits per heavy atom. The molecule has 44 heavy (non-hydrogen) atoms. The summed E-state index contributed by atoms with van der Waals surface area (Å²) in [4.78, 5) is 40.5. The fourth-order valence-corrected chi connectivity index (χ4v) is 5.09. The molecule has 0 unspecified atom stereocenters. The lowest BCUT2D eigenvalue weighted by Crippen LogP contribution is -2.57. The smallest absolute Gasteiger partial charge is 0.422 e. The summed E-state index contributed by atoms with van der Waals surface area (Å²) in [6.07, 6.45) is 0.215. The molecule has 0 spiro atoms. The molecule has 0 aromatic heterocycles. The minimum Gasteiger partial charge on any atom is -0.453 e. The van der Waals surface area contributed by atoms with Gasteiger partial charge in [0.05, 0.1) is 19.3 Å². The highest BCUT2D eigenvalue weighted by molar-refractivity contribution is 5.86. The van der Waals surface area contributed by atoms with Crippen LogP contribution < -0.4 is 21.0 Å². The average molecular weight is 612 g/mol. The van der Waals surface area contributed by atoms with Gasteiger partial charge in [-0.2, -0.15) is 0 Å². The number of carbonyl (C=O) groups is 3. The number of anilines is 1. The van der Waals surface area contributed by atoms with Crippen molar-refractivity contribution in [1.82, 2.24) is 21.1 Å². The van der Waals surface area contributed by atoms with Gasteiger partial charge in [0.2, 0.25) is 5.91 Å². The number of methoxy groups -OCH3 is 1. The number of hydrogen-bond donors (Lipinski definition) is 4. The number of rotatable bonds is 13. The summed E-state index contributed by atoms with van der Waals surface area (Å²) in [6.45, 7) is 11.3. The van der Waals surface area contributed by atoms with E-state index in [0.29, 0.717) is 13.0 Å². The van der Waals surface area contributed by atoms with E-state index >= 15 is 0 Å². The Morgan fingerprint density at radius 1 is 0.932 bits per heavy atom. The lowest BCUT2D eigenvalue weighted by Gasteiger charge is -2.32. The lowest BCUT2D eigenvalue weighted by atomic mass is 9.98. The van der Waals surface area contributed by atoms with E-state index in [1.165, 1.54) is 20.0 Å². The molecule has 1 aliphatic rings. The quantitative estimate of drug-likeness (QED) is 0.250. The molecule has 3 atom stereocenters. The minimum absolute atomic E-state index is 0.0122. The van der Waals surface area contributed by atoms with Gasteiger partial charge >= 0.3 is 12.2 Å². The van der Waals surface area contributed by atoms with Crippen LogP contribution in [0.4, 0.5) is 15.3 Å². The largest absolute Gasteiger partial charge is 0.453 e. The van der Waals surface area contributed by atoms with Gasteiger partial charge in [0.1, 0.15) is 11.6 Å². The van der Waals surface area contributed by atoms with Gasteiger partial charge < -0.3 is 30.1 Å². The van der Waals surface area contributed by atoms with Gasteiger partial charge in [0.25, 0.3) is 0 Å². The number of hydrogen-bond acceptors (Lipinski definition) is 8. The second-order valence-corrected chi connectivity index (χ2v) is 12.6. The summed E-state index contributed by atoms with van der Waals surface area (Å²) < 4.78 is 10.2. The van der Waals surface area contributed by atoms with E-state index in [2.05, 4.69) is 33.1 Å². The number of aliphatic hydroxyl groups is 1. The molecule has 3 amide bonds. The van der Waals surface area contributed by atoms with Gasteiger partial charge in [-0.15, -0.1) is 0 Å². The van der Waals surface area contributed by atoms with Crippen molar-refractivity contribution in [2.24, 2.45) is 5.92 Å². The summed E-state index contributed by atoms with van der Waals surface area (Å²) in [7, 11) is 1.23. The predicted octanol–water partition coefficient (Wildman–Crippen LogP) is 4.00. The Bertz CT molecular complexity index is 1200. The molecule has 1 fully saturated rings. The van der Waals surface area contributed by atoms with Crippen LogP contribution in [0.25, 0.3) is 0 Å². The summed E-state index contributed by atoms with van der Waals surface area (Å²) in [5, 5.41) is 18.7. The Balaban J connectivity index is 1.82. The summed E-state index contributed by atoms with van der Waals surface area (Å²) >= 11 is 0. The van der Waals surface area contributed by atoms with Crippen LogP contribution in [-0.4, -0.2) is 78.7 Å². The van der Waals surface area contributed by atoms with Crippen LogP contribution in [0.15, 0.2) is 54.6 Å². The number of aliphatic hydroxyl groups excluding tert-OH is 1. The van der Waals surface area contributed by atoms with Crippen molar-refractivity contribution in [3.05, 3.63) is 65.7 Å². The maximum absolute atomic E-state index is 13.4. The molecule has 0 saturated carbocycles. The molecule has 3 rings (SSSR count). The highest BCUT2D eigenvalue weighted by atomic mass is 16.6. The maximum Gasteiger partial charge on any atom is 0.422 e. The summed E-state index contributed by atoms with van der Waals surface area (Å²) in [5.74, 6) is -0.688. The first-order valence-corrected chi connectivity index (χ1v) is 15.3. The van der Waals surface area contributed by atoms with Gasteiger partial charge in [0.15, 0.2) is 0 Å². The molecule has 11 nitrogen and oxygen atoms in total. The number of alkyl carbamates (subject to hydrolysis) is 1. The number of hydrazine groups is 1. The highest BCUT2D eigenvalue weighted by Gasteiger charge is 2.31. The van der Waals surface area contributed by atoms with E-state index in [1.54, 1.807) is 25.8 Å². The Kier molecular flexibility index (Phi) is 12.8. The molecule has 0 aliphatic carbocycles. The third-order valence-electron chi connectivity index (χ3n) is 7.34. The van der Waals surface area contributed by atoms with Crippen molar-refractivity contribution in [3.8, 4) is 0 Å². The van der Waals surface area contributed by atoms with Crippen LogP contribution in [0.1, 0.15) is 58.6 Å². The highest BCUT2D eigenvalue weighted by Crippen LogP contribution is 2.21. The van der Waals surface area contributed by atoms with Crippen LogP contribution in [0.5, 0.6) is 0 Å². The van der Waals surface area contributed by atoms with Crippen LogP contribution in [0.2, 0.25) is 0 Å². The fourth-order valence-electron chi connectivity index (χ4n) is 5.09. The van der Waals surface area contributed by atoms with E-state index in [-0.39, 0.29) is 12.5 Å². The van der Waals surface area contributed by atoms with E-state index in [4.69, 9.17) is 9.47 Å². The van der Waals surface area contributed by atoms with E-state index in [1.807, 2.05) is 56.3 Å². The van der Waals surface area contributed by atoms with Gasteiger partial charge in [-0.3, -0.25) is 10.2 Å². The van der Waals surface area contributed by atoms with Crippen molar-refractivity contribution in [3.63, 3.8) is 0 Å². The molecule has 242 valence electrons. The third-order valence-corrected chi connectivity index (χ3v) is 7.34. The standard InChI is InChI=1S/C33H49N5O6/c1-23(2)29(35-31(41)43-6)30(40)34-27(20-24-12-8-7-9-13-24)28(39)22-38(36-32(42)44-33(3,4)5)21-25-14-16-26(17-15-25)37-18-10-11-19-37/h7-9,12-17,23,27-29,39H,10-11,18-22H2,1-6H3,(H,34,40)(H,35,41)(H,36,42)/t27-,28-,29-/m0/s1. The zero-order valence-electron chi connectivity index (χ0n) is 26.8. The average Bonchev–Trinajstić information content (AvgIpc) is 3.50. The van der Waals surface area contributed by atoms with Gasteiger partial charge in [-0.05, 0) is 69.2 Å². The molecule has 0 bridgehead atoms. The molecule has 1 saturated heterocycles. The van der Waals surface area contributed by atoms with Crippen LogP contribution in [0, 0.1) is 5.92 Å². The number of nitrogens with one attached hydrogen (secondary N) is 3.